The molecule has 0 bridgehead atoms. The predicted octanol–water partition coefficient (Wildman–Crippen LogP) is 3.40. The molecule has 0 atom stereocenters. The second-order valence-electron chi connectivity index (χ2n) is 4.59. The van der Waals surface area contributed by atoms with Crippen LogP contribution in [0.4, 0.5) is 10.5 Å². The van der Waals surface area contributed by atoms with Crippen LogP contribution in [-0.2, 0) is 0 Å². The topological polar surface area (TPSA) is 46.9 Å². The van der Waals surface area contributed by atoms with Crippen molar-refractivity contribution in [3.63, 3.8) is 0 Å². The van der Waals surface area contributed by atoms with Crippen molar-refractivity contribution in [1.29, 1.82) is 0 Å². The molecule has 4 nitrogen and oxygen atoms in total. The Morgan fingerprint density at radius 1 is 1.39 bits per heavy atom. The molecule has 1 amide bonds. The van der Waals surface area contributed by atoms with E-state index in [0.717, 1.165) is 16.8 Å². The minimum atomic E-state index is -0.191. The third-order valence-electron chi connectivity index (χ3n) is 2.90. The fourth-order valence-corrected chi connectivity index (χ4v) is 1.89. The minimum absolute atomic E-state index is 0.191. The molecule has 0 fully saturated rings. The van der Waals surface area contributed by atoms with Gasteiger partial charge < -0.3 is 5.32 Å². The first-order chi connectivity index (χ1) is 8.59. The summed E-state index contributed by atoms with van der Waals surface area (Å²) >= 11 is 0. The highest BCUT2D eigenvalue weighted by Gasteiger charge is 2.12. The fourth-order valence-electron chi connectivity index (χ4n) is 1.89. The number of hydrogen-bond donors (Lipinski definition) is 1. The summed E-state index contributed by atoms with van der Waals surface area (Å²) in [6, 6.07) is 5.86. The van der Waals surface area contributed by atoms with E-state index in [0.29, 0.717) is 5.92 Å². The lowest BCUT2D eigenvalue weighted by molar-refractivity contribution is 0.253. The zero-order chi connectivity index (χ0) is 13.1. The Morgan fingerprint density at radius 2 is 2.17 bits per heavy atom. The van der Waals surface area contributed by atoms with Crippen molar-refractivity contribution in [3.05, 3.63) is 48.0 Å². The number of nitrogens with one attached hydrogen (secondary N) is 1. The van der Waals surface area contributed by atoms with E-state index < -0.39 is 0 Å². The van der Waals surface area contributed by atoms with Gasteiger partial charge in [0.05, 0.1) is 0 Å². The molecular formula is C14H17N3O. The third-order valence-corrected chi connectivity index (χ3v) is 2.90. The molecule has 0 spiro atoms. The summed E-state index contributed by atoms with van der Waals surface area (Å²) < 4.78 is 1.43. The average Bonchev–Trinajstić information content (AvgIpc) is 2.85. The highest BCUT2D eigenvalue weighted by atomic mass is 16.2. The standard InChI is InChI=1S/C14H17N3O/c1-10(2)12-6-4-5-11(3)13(12)16-14(18)17-8-7-15-9-17/h4-10H,1-3H3,(H,16,18). The van der Waals surface area contributed by atoms with Gasteiger partial charge in [-0.25, -0.2) is 9.78 Å². The molecule has 0 saturated carbocycles. The van der Waals surface area contributed by atoms with Gasteiger partial charge in [0.15, 0.2) is 0 Å². The SMILES string of the molecule is Cc1cccc(C(C)C)c1NC(=O)n1ccnc1. The van der Waals surface area contributed by atoms with Gasteiger partial charge in [0, 0.05) is 18.1 Å². The summed E-state index contributed by atoms with van der Waals surface area (Å²) in [5, 5.41) is 2.95. The number of aromatic nitrogens is 2. The lowest BCUT2D eigenvalue weighted by Crippen LogP contribution is -2.19. The summed E-state index contributed by atoms with van der Waals surface area (Å²) in [7, 11) is 0. The number of nitrogens with zero attached hydrogens (tertiary/aromatic N) is 2. The number of amides is 1. The van der Waals surface area contributed by atoms with E-state index >= 15 is 0 Å². The Balaban J connectivity index is 2.31. The van der Waals surface area contributed by atoms with Gasteiger partial charge in [-0.2, -0.15) is 0 Å². The van der Waals surface area contributed by atoms with Crippen molar-refractivity contribution in [2.24, 2.45) is 0 Å². The van der Waals surface area contributed by atoms with E-state index in [1.54, 1.807) is 12.4 Å². The molecule has 94 valence electrons. The van der Waals surface area contributed by atoms with Crippen LogP contribution in [0.3, 0.4) is 0 Å². The molecule has 4 heteroatoms. The number of hydrogen-bond acceptors (Lipinski definition) is 2. The zero-order valence-corrected chi connectivity index (χ0v) is 10.8. The summed E-state index contributed by atoms with van der Waals surface area (Å²) in [6.07, 6.45) is 4.70. The van der Waals surface area contributed by atoms with Gasteiger partial charge in [-0.15, -0.1) is 0 Å². The van der Waals surface area contributed by atoms with Gasteiger partial charge in [-0.05, 0) is 24.0 Å². The van der Waals surface area contributed by atoms with Crippen LogP contribution in [0.1, 0.15) is 30.9 Å². The average molecular weight is 243 g/mol. The zero-order valence-electron chi connectivity index (χ0n) is 10.8. The quantitative estimate of drug-likeness (QED) is 0.878. The van der Waals surface area contributed by atoms with Crippen molar-refractivity contribution in [2.75, 3.05) is 5.32 Å². The van der Waals surface area contributed by atoms with E-state index in [1.807, 2.05) is 25.1 Å². The van der Waals surface area contributed by atoms with Gasteiger partial charge in [-0.3, -0.25) is 4.57 Å². The fraction of sp³-hybridized carbons (Fsp3) is 0.286. The van der Waals surface area contributed by atoms with Gasteiger partial charge >= 0.3 is 6.03 Å². The van der Waals surface area contributed by atoms with Crippen LogP contribution >= 0.6 is 0 Å². The molecule has 1 aromatic carbocycles. The van der Waals surface area contributed by atoms with Crippen LogP contribution in [0.15, 0.2) is 36.9 Å². The molecule has 1 aromatic heterocycles. The molecule has 0 radical (unpaired) electrons. The van der Waals surface area contributed by atoms with Gasteiger partial charge in [-0.1, -0.05) is 32.0 Å². The Kier molecular flexibility index (Phi) is 3.46. The highest BCUT2D eigenvalue weighted by Crippen LogP contribution is 2.27. The van der Waals surface area contributed by atoms with Crippen molar-refractivity contribution >= 4 is 11.7 Å². The van der Waals surface area contributed by atoms with Crippen LogP contribution in [-0.4, -0.2) is 15.6 Å². The summed E-state index contributed by atoms with van der Waals surface area (Å²) in [4.78, 5) is 15.9. The summed E-state index contributed by atoms with van der Waals surface area (Å²) in [6.45, 7) is 6.22. The number of anilines is 1. The maximum absolute atomic E-state index is 12.0. The first-order valence-electron chi connectivity index (χ1n) is 5.98. The first kappa shape index (κ1) is 12.4. The van der Waals surface area contributed by atoms with Crippen LogP contribution < -0.4 is 5.32 Å². The van der Waals surface area contributed by atoms with Gasteiger partial charge in [0.25, 0.3) is 0 Å². The monoisotopic (exact) mass is 243 g/mol. The number of carbonyl (C=O) groups is 1. The molecule has 0 aliphatic carbocycles. The molecule has 0 saturated heterocycles. The van der Waals surface area contributed by atoms with Crippen molar-refractivity contribution in [1.82, 2.24) is 9.55 Å². The lowest BCUT2D eigenvalue weighted by Gasteiger charge is -2.16. The van der Waals surface area contributed by atoms with E-state index in [1.165, 1.54) is 10.9 Å². The molecule has 18 heavy (non-hydrogen) atoms. The molecule has 1 heterocycles. The molecule has 0 unspecified atom stereocenters. The predicted molar refractivity (Wildman–Crippen MR) is 71.9 cm³/mol. The second-order valence-corrected chi connectivity index (χ2v) is 4.59. The van der Waals surface area contributed by atoms with Crippen molar-refractivity contribution < 1.29 is 4.79 Å². The maximum Gasteiger partial charge on any atom is 0.331 e. The van der Waals surface area contributed by atoms with Crippen molar-refractivity contribution in [2.45, 2.75) is 26.7 Å². The number of rotatable bonds is 2. The van der Waals surface area contributed by atoms with Crippen molar-refractivity contribution in [3.8, 4) is 0 Å². The maximum atomic E-state index is 12.0. The van der Waals surface area contributed by atoms with Crippen LogP contribution in [0.2, 0.25) is 0 Å². The molecule has 2 rings (SSSR count). The normalized spacial score (nSPS) is 10.7. The minimum Gasteiger partial charge on any atom is -0.307 e. The van der Waals surface area contributed by atoms with E-state index in [2.05, 4.69) is 24.1 Å². The summed E-state index contributed by atoms with van der Waals surface area (Å²) in [5.41, 5.74) is 3.10. The Labute approximate surface area is 107 Å². The number of para-hydroxylation sites is 1. The molecular weight excluding hydrogens is 226 g/mol. The Hall–Kier alpha value is -2.10. The third kappa shape index (κ3) is 2.42. The summed E-state index contributed by atoms with van der Waals surface area (Å²) in [5.74, 6) is 0.364. The number of carbonyl (C=O) groups excluding carboxylic acids is 1. The van der Waals surface area contributed by atoms with Gasteiger partial charge in [0.2, 0.25) is 0 Å². The first-order valence-corrected chi connectivity index (χ1v) is 5.98. The van der Waals surface area contributed by atoms with E-state index in [4.69, 9.17) is 0 Å². The Bertz CT molecular complexity index is 544. The molecule has 2 aromatic rings. The largest absolute Gasteiger partial charge is 0.331 e. The van der Waals surface area contributed by atoms with Gasteiger partial charge in [0.1, 0.15) is 6.33 Å². The molecule has 0 aliphatic rings. The smallest absolute Gasteiger partial charge is 0.307 e. The highest BCUT2D eigenvalue weighted by molar-refractivity contribution is 5.92. The lowest BCUT2D eigenvalue weighted by atomic mass is 9.98. The van der Waals surface area contributed by atoms with E-state index in [-0.39, 0.29) is 6.03 Å². The van der Waals surface area contributed by atoms with E-state index in [9.17, 15) is 4.79 Å². The molecule has 1 N–H and O–H groups in total. The Morgan fingerprint density at radius 3 is 2.78 bits per heavy atom. The van der Waals surface area contributed by atoms with Crippen LogP contribution in [0.5, 0.6) is 0 Å². The second kappa shape index (κ2) is 5.04. The van der Waals surface area contributed by atoms with Crippen LogP contribution in [0, 0.1) is 6.92 Å². The molecule has 0 aliphatic heterocycles. The van der Waals surface area contributed by atoms with Crippen LogP contribution in [0.25, 0.3) is 0 Å². The number of aryl methyl sites for hydroxylation is 1. The number of imidazole rings is 1. The number of benzene rings is 1.